The molecule has 1 aromatic heterocycles. The smallest absolute Gasteiger partial charge is 0.412 e. The SMILES string of the molecule is C[C@]1(Cc2ccccc2)OC(=O)N(CCc2nc3ccccc3[nH]2)[C@@]1(C)O. The monoisotopic (exact) mass is 365 g/mol. The van der Waals surface area contributed by atoms with Crippen LogP contribution in [0.2, 0.25) is 0 Å². The molecule has 1 saturated heterocycles. The highest BCUT2D eigenvalue weighted by Gasteiger charge is 2.58. The van der Waals surface area contributed by atoms with Crippen LogP contribution in [0, 0.1) is 0 Å². The van der Waals surface area contributed by atoms with Gasteiger partial charge in [-0.2, -0.15) is 0 Å². The van der Waals surface area contributed by atoms with E-state index in [1.807, 2.05) is 54.6 Å². The Balaban J connectivity index is 1.51. The molecule has 0 unspecified atom stereocenters. The number of hydrogen-bond donors (Lipinski definition) is 2. The van der Waals surface area contributed by atoms with E-state index in [0.717, 1.165) is 22.4 Å². The number of carbonyl (C=O) groups excluding carboxylic acids is 1. The zero-order valence-electron chi connectivity index (χ0n) is 15.5. The number of para-hydroxylation sites is 2. The molecule has 1 aliphatic heterocycles. The first-order chi connectivity index (χ1) is 12.9. The first kappa shape index (κ1) is 17.5. The van der Waals surface area contributed by atoms with Crippen LogP contribution in [0.5, 0.6) is 0 Å². The second kappa shape index (κ2) is 6.39. The molecule has 0 bridgehead atoms. The molecule has 6 nitrogen and oxygen atoms in total. The Labute approximate surface area is 157 Å². The third kappa shape index (κ3) is 3.06. The maximum atomic E-state index is 12.5. The summed E-state index contributed by atoms with van der Waals surface area (Å²) in [5.74, 6) is 0.775. The van der Waals surface area contributed by atoms with Gasteiger partial charge in [0.05, 0.1) is 11.0 Å². The van der Waals surface area contributed by atoms with Crippen LogP contribution >= 0.6 is 0 Å². The third-order valence-corrected chi connectivity index (χ3v) is 5.46. The quantitative estimate of drug-likeness (QED) is 0.727. The molecule has 1 fully saturated rings. The second-order valence-electron chi connectivity index (χ2n) is 7.38. The van der Waals surface area contributed by atoms with Crippen molar-refractivity contribution in [1.29, 1.82) is 0 Å². The first-order valence-corrected chi connectivity index (χ1v) is 9.10. The fourth-order valence-electron chi connectivity index (χ4n) is 3.65. The van der Waals surface area contributed by atoms with E-state index < -0.39 is 17.4 Å². The molecule has 27 heavy (non-hydrogen) atoms. The molecule has 2 N–H and O–H groups in total. The molecule has 0 spiro atoms. The Kier molecular flexibility index (Phi) is 4.15. The minimum absolute atomic E-state index is 0.316. The van der Waals surface area contributed by atoms with Crippen LogP contribution in [-0.4, -0.2) is 43.9 Å². The Hall–Kier alpha value is -2.86. The highest BCUT2D eigenvalue weighted by Crippen LogP contribution is 2.39. The molecule has 4 rings (SSSR count). The minimum Gasteiger partial charge on any atom is -0.438 e. The summed E-state index contributed by atoms with van der Waals surface area (Å²) in [4.78, 5) is 21.7. The molecule has 140 valence electrons. The topological polar surface area (TPSA) is 78.5 Å². The average Bonchev–Trinajstić information content (AvgIpc) is 3.11. The van der Waals surface area contributed by atoms with E-state index in [-0.39, 0.29) is 0 Å². The number of fused-ring (bicyclic) bond motifs is 1. The number of ether oxygens (including phenoxy) is 1. The summed E-state index contributed by atoms with van der Waals surface area (Å²) in [6.07, 6.45) is 0.434. The number of cyclic esters (lactones) is 1. The summed E-state index contributed by atoms with van der Waals surface area (Å²) in [5, 5.41) is 11.2. The lowest BCUT2D eigenvalue weighted by Crippen LogP contribution is -2.56. The molecule has 0 radical (unpaired) electrons. The highest BCUT2D eigenvalue weighted by molar-refractivity contribution is 5.75. The van der Waals surface area contributed by atoms with Crippen molar-refractivity contribution in [3.05, 3.63) is 66.0 Å². The summed E-state index contributed by atoms with van der Waals surface area (Å²) >= 11 is 0. The lowest BCUT2D eigenvalue weighted by atomic mass is 9.86. The van der Waals surface area contributed by atoms with Gasteiger partial charge < -0.3 is 14.8 Å². The fourth-order valence-corrected chi connectivity index (χ4v) is 3.65. The van der Waals surface area contributed by atoms with E-state index in [9.17, 15) is 9.90 Å². The summed E-state index contributed by atoms with van der Waals surface area (Å²) in [6, 6.07) is 17.5. The Bertz CT molecular complexity index is 934. The largest absolute Gasteiger partial charge is 0.438 e. The van der Waals surface area contributed by atoms with Gasteiger partial charge in [0.2, 0.25) is 0 Å². The molecular weight excluding hydrogens is 342 g/mol. The molecule has 2 atom stereocenters. The molecule has 0 saturated carbocycles. The number of hydrogen-bond acceptors (Lipinski definition) is 4. The van der Waals surface area contributed by atoms with E-state index in [4.69, 9.17) is 4.74 Å². The lowest BCUT2D eigenvalue weighted by molar-refractivity contribution is -0.135. The fraction of sp³-hybridized carbons (Fsp3) is 0.333. The van der Waals surface area contributed by atoms with Crippen molar-refractivity contribution in [2.45, 2.75) is 38.0 Å². The van der Waals surface area contributed by atoms with Crippen LogP contribution in [0.4, 0.5) is 4.79 Å². The van der Waals surface area contributed by atoms with E-state index in [1.54, 1.807) is 13.8 Å². The van der Waals surface area contributed by atoms with Crippen LogP contribution in [0.3, 0.4) is 0 Å². The zero-order chi connectivity index (χ0) is 19.1. The van der Waals surface area contributed by atoms with Crippen molar-refractivity contribution in [2.24, 2.45) is 0 Å². The number of H-pyrrole nitrogens is 1. The maximum Gasteiger partial charge on any atom is 0.412 e. The van der Waals surface area contributed by atoms with Crippen molar-refractivity contribution in [3.8, 4) is 0 Å². The first-order valence-electron chi connectivity index (χ1n) is 9.10. The molecule has 3 aromatic rings. The van der Waals surface area contributed by atoms with Gasteiger partial charge in [-0.1, -0.05) is 42.5 Å². The van der Waals surface area contributed by atoms with Gasteiger partial charge in [-0.25, -0.2) is 9.78 Å². The molecule has 1 aliphatic rings. The van der Waals surface area contributed by atoms with Gasteiger partial charge in [0.1, 0.15) is 5.82 Å². The minimum atomic E-state index is -1.42. The van der Waals surface area contributed by atoms with Crippen molar-refractivity contribution >= 4 is 17.1 Å². The van der Waals surface area contributed by atoms with Gasteiger partial charge >= 0.3 is 6.09 Å². The van der Waals surface area contributed by atoms with E-state index in [1.165, 1.54) is 4.90 Å². The number of imidazole rings is 1. The normalized spacial score (nSPS) is 25.1. The maximum absolute atomic E-state index is 12.5. The highest BCUT2D eigenvalue weighted by atomic mass is 16.6. The number of nitrogens with zero attached hydrogens (tertiary/aromatic N) is 2. The zero-order valence-corrected chi connectivity index (χ0v) is 15.5. The molecule has 6 heteroatoms. The molecule has 2 heterocycles. The van der Waals surface area contributed by atoms with Crippen LogP contribution in [-0.2, 0) is 17.6 Å². The number of aromatic amines is 1. The number of aliphatic hydroxyl groups is 1. The molecule has 2 aromatic carbocycles. The molecule has 0 aliphatic carbocycles. The summed E-state index contributed by atoms with van der Waals surface area (Å²) in [6.45, 7) is 3.73. The van der Waals surface area contributed by atoms with Crippen LogP contribution in [0.15, 0.2) is 54.6 Å². The van der Waals surface area contributed by atoms with Crippen LogP contribution in [0.25, 0.3) is 11.0 Å². The van der Waals surface area contributed by atoms with Gasteiger partial charge in [-0.05, 0) is 31.5 Å². The molecular formula is C21H23N3O3. The van der Waals surface area contributed by atoms with Crippen molar-refractivity contribution in [1.82, 2.24) is 14.9 Å². The summed E-state index contributed by atoms with van der Waals surface area (Å²) < 4.78 is 5.63. The van der Waals surface area contributed by atoms with E-state index in [0.29, 0.717) is 19.4 Å². The van der Waals surface area contributed by atoms with Gasteiger partial charge in [0.15, 0.2) is 11.3 Å². The summed E-state index contributed by atoms with van der Waals surface area (Å²) in [7, 11) is 0. The molecule has 1 amide bonds. The van der Waals surface area contributed by atoms with Crippen molar-refractivity contribution in [3.63, 3.8) is 0 Å². The van der Waals surface area contributed by atoms with E-state index in [2.05, 4.69) is 9.97 Å². The van der Waals surface area contributed by atoms with Gasteiger partial charge in [0.25, 0.3) is 0 Å². The van der Waals surface area contributed by atoms with E-state index >= 15 is 0 Å². The number of amides is 1. The van der Waals surface area contributed by atoms with Gasteiger partial charge in [-0.15, -0.1) is 0 Å². The van der Waals surface area contributed by atoms with Crippen molar-refractivity contribution < 1.29 is 14.6 Å². The Morgan fingerprint density at radius 1 is 1.11 bits per heavy atom. The second-order valence-corrected chi connectivity index (χ2v) is 7.38. The Morgan fingerprint density at radius 3 is 2.56 bits per heavy atom. The number of carbonyl (C=O) groups is 1. The Morgan fingerprint density at radius 2 is 1.81 bits per heavy atom. The predicted molar refractivity (Wildman–Crippen MR) is 102 cm³/mol. The van der Waals surface area contributed by atoms with Crippen molar-refractivity contribution in [2.75, 3.05) is 6.54 Å². The number of rotatable bonds is 5. The standard InChI is InChI=1S/C21H23N3O3/c1-20(14-15-8-4-3-5-9-15)21(2,26)24(19(25)27-20)13-12-18-22-16-10-6-7-11-17(16)23-18/h3-11,26H,12-14H2,1-2H3,(H,22,23)/t20-,21+/m1/s1. The lowest BCUT2D eigenvalue weighted by Gasteiger charge is -2.37. The summed E-state index contributed by atoms with van der Waals surface area (Å²) in [5.41, 5.74) is 0.396. The predicted octanol–water partition coefficient (Wildman–Crippen LogP) is 3.27. The average molecular weight is 365 g/mol. The van der Waals surface area contributed by atoms with Gasteiger partial charge in [-0.3, -0.25) is 4.90 Å². The number of nitrogens with one attached hydrogen (secondary N) is 1. The number of benzene rings is 2. The third-order valence-electron chi connectivity index (χ3n) is 5.46. The van der Waals surface area contributed by atoms with Crippen LogP contribution in [0.1, 0.15) is 25.2 Å². The van der Waals surface area contributed by atoms with Gasteiger partial charge in [0, 0.05) is 19.4 Å². The number of aromatic nitrogens is 2. The van der Waals surface area contributed by atoms with Crippen LogP contribution < -0.4 is 0 Å².